The van der Waals surface area contributed by atoms with Gasteiger partial charge in [0.15, 0.2) is 23.3 Å². The molecule has 6 heteroatoms. The van der Waals surface area contributed by atoms with E-state index in [9.17, 15) is 22.4 Å². The molecule has 0 bridgehead atoms. The van der Waals surface area contributed by atoms with Crippen molar-refractivity contribution < 1.29 is 22.4 Å². The van der Waals surface area contributed by atoms with Crippen LogP contribution in [0.1, 0.15) is 36.7 Å². The van der Waals surface area contributed by atoms with Crippen LogP contribution in [-0.2, 0) is 0 Å². The fourth-order valence-electron chi connectivity index (χ4n) is 2.01. The van der Waals surface area contributed by atoms with Crippen molar-refractivity contribution in [2.75, 3.05) is 0 Å². The molecule has 0 saturated heterocycles. The number of nitrogens with one attached hydrogen (secondary N) is 1. The van der Waals surface area contributed by atoms with Gasteiger partial charge in [0, 0.05) is 5.56 Å². The SMILES string of the molecule is C=C(C)C(NC(=O)c1c(F)c(F)c(C)c(F)c1F)C(C)C. The molecule has 1 rings (SSSR count). The number of hydrogen-bond donors (Lipinski definition) is 1. The van der Waals surface area contributed by atoms with Crippen LogP contribution in [0.15, 0.2) is 12.2 Å². The highest BCUT2D eigenvalue weighted by molar-refractivity contribution is 5.95. The first kappa shape index (κ1) is 17.2. The van der Waals surface area contributed by atoms with E-state index in [0.717, 1.165) is 6.92 Å². The summed E-state index contributed by atoms with van der Waals surface area (Å²) in [6, 6.07) is -0.566. The Hall–Kier alpha value is -1.85. The topological polar surface area (TPSA) is 29.1 Å². The third-order valence-corrected chi connectivity index (χ3v) is 3.19. The second kappa shape index (κ2) is 6.28. The maximum Gasteiger partial charge on any atom is 0.257 e. The van der Waals surface area contributed by atoms with Crippen molar-refractivity contribution in [2.45, 2.75) is 33.7 Å². The smallest absolute Gasteiger partial charge is 0.257 e. The largest absolute Gasteiger partial charge is 0.345 e. The lowest BCUT2D eigenvalue weighted by Crippen LogP contribution is -2.40. The molecule has 1 unspecified atom stereocenters. The highest BCUT2D eigenvalue weighted by atomic mass is 19.2. The van der Waals surface area contributed by atoms with Crippen LogP contribution in [0.5, 0.6) is 0 Å². The summed E-state index contributed by atoms with van der Waals surface area (Å²) in [6.07, 6.45) is 0. The lowest BCUT2D eigenvalue weighted by molar-refractivity contribution is 0.0922. The molecule has 0 aliphatic carbocycles. The molecule has 0 aromatic heterocycles. The summed E-state index contributed by atoms with van der Waals surface area (Å²) < 4.78 is 54.4. The summed E-state index contributed by atoms with van der Waals surface area (Å²) in [4.78, 5) is 12.0. The average Bonchev–Trinajstić information content (AvgIpc) is 2.39. The zero-order valence-corrected chi connectivity index (χ0v) is 12.3. The fraction of sp³-hybridized carbons (Fsp3) is 0.400. The van der Waals surface area contributed by atoms with Crippen molar-refractivity contribution in [1.29, 1.82) is 0 Å². The summed E-state index contributed by atoms with van der Waals surface area (Å²) in [5.41, 5.74) is -1.50. The maximum absolute atomic E-state index is 13.7. The molecule has 2 nitrogen and oxygen atoms in total. The molecule has 116 valence electrons. The Morgan fingerprint density at radius 3 is 1.81 bits per heavy atom. The Kier molecular flexibility index (Phi) is 5.15. The van der Waals surface area contributed by atoms with Crippen molar-refractivity contribution in [3.63, 3.8) is 0 Å². The molecule has 1 N–H and O–H groups in total. The minimum atomic E-state index is -1.70. The average molecular weight is 303 g/mol. The standard InChI is InChI=1S/C15H17F4NO/c1-6(2)14(7(3)4)20-15(21)9-12(18)10(16)8(5)11(17)13(9)19/h7,14H,1H2,2-5H3,(H,20,21). The van der Waals surface area contributed by atoms with E-state index in [4.69, 9.17) is 0 Å². The van der Waals surface area contributed by atoms with Crippen LogP contribution >= 0.6 is 0 Å². The Labute approximate surface area is 120 Å². The Morgan fingerprint density at radius 1 is 1.05 bits per heavy atom. The first-order chi connectivity index (χ1) is 9.59. The third-order valence-electron chi connectivity index (χ3n) is 3.19. The second-order valence-electron chi connectivity index (χ2n) is 5.30. The van der Waals surface area contributed by atoms with Crippen molar-refractivity contribution in [1.82, 2.24) is 5.32 Å². The third kappa shape index (κ3) is 3.25. The van der Waals surface area contributed by atoms with E-state index in [0.29, 0.717) is 5.57 Å². The number of rotatable bonds is 4. The second-order valence-corrected chi connectivity index (χ2v) is 5.30. The minimum absolute atomic E-state index is 0.0993. The first-order valence-corrected chi connectivity index (χ1v) is 6.38. The van der Waals surface area contributed by atoms with Gasteiger partial charge in [-0.15, -0.1) is 0 Å². The molecule has 0 heterocycles. The monoisotopic (exact) mass is 303 g/mol. The predicted octanol–water partition coefficient (Wildman–Crippen LogP) is 3.88. The molecular weight excluding hydrogens is 286 g/mol. The van der Waals surface area contributed by atoms with E-state index >= 15 is 0 Å². The molecule has 1 atom stereocenters. The van der Waals surface area contributed by atoms with Gasteiger partial charge in [-0.25, -0.2) is 17.6 Å². The number of carbonyl (C=O) groups excluding carboxylic acids is 1. The van der Waals surface area contributed by atoms with Gasteiger partial charge in [0.1, 0.15) is 5.56 Å². The molecule has 21 heavy (non-hydrogen) atoms. The lowest BCUT2D eigenvalue weighted by Gasteiger charge is -2.23. The molecule has 1 aromatic carbocycles. The van der Waals surface area contributed by atoms with Gasteiger partial charge >= 0.3 is 0 Å². The van der Waals surface area contributed by atoms with Crippen LogP contribution in [0.2, 0.25) is 0 Å². The van der Waals surface area contributed by atoms with Gasteiger partial charge in [-0.3, -0.25) is 4.79 Å². The fourth-order valence-corrected chi connectivity index (χ4v) is 2.01. The van der Waals surface area contributed by atoms with Crippen LogP contribution in [0.25, 0.3) is 0 Å². The number of benzene rings is 1. The molecule has 0 fully saturated rings. The van der Waals surface area contributed by atoms with Gasteiger partial charge < -0.3 is 5.32 Å². The number of hydrogen-bond acceptors (Lipinski definition) is 1. The van der Waals surface area contributed by atoms with Crippen LogP contribution in [0.3, 0.4) is 0 Å². The minimum Gasteiger partial charge on any atom is -0.345 e. The van der Waals surface area contributed by atoms with Crippen molar-refractivity contribution >= 4 is 5.91 Å². The summed E-state index contributed by atoms with van der Waals surface area (Å²) in [6.45, 7) is 9.73. The highest BCUT2D eigenvalue weighted by Gasteiger charge is 2.29. The van der Waals surface area contributed by atoms with E-state index in [2.05, 4.69) is 11.9 Å². The Bertz CT molecular complexity index is 567. The van der Waals surface area contributed by atoms with Crippen LogP contribution in [0.4, 0.5) is 17.6 Å². The van der Waals surface area contributed by atoms with E-state index in [1.54, 1.807) is 20.8 Å². The maximum atomic E-state index is 13.7. The molecule has 0 radical (unpaired) electrons. The Morgan fingerprint density at radius 2 is 1.48 bits per heavy atom. The summed E-state index contributed by atoms with van der Waals surface area (Å²) >= 11 is 0. The molecule has 0 saturated carbocycles. The van der Waals surface area contributed by atoms with Gasteiger partial charge in [0.05, 0.1) is 6.04 Å². The first-order valence-electron chi connectivity index (χ1n) is 6.38. The molecule has 0 aliphatic rings. The van der Waals surface area contributed by atoms with Gasteiger partial charge in [-0.2, -0.15) is 0 Å². The van der Waals surface area contributed by atoms with Crippen molar-refractivity contribution in [3.8, 4) is 0 Å². The van der Waals surface area contributed by atoms with Crippen molar-refractivity contribution in [2.24, 2.45) is 5.92 Å². The lowest BCUT2D eigenvalue weighted by atomic mass is 9.97. The number of halogens is 4. The van der Waals surface area contributed by atoms with Crippen LogP contribution < -0.4 is 5.32 Å². The van der Waals surface area contributed by atoms with E-state index in [1.807, 2.05) is 0 Å². The molecule has 0 spiro atoms. The highest BCUT2D eigenvalue weighted by Crippen LogP contribution is 2.24. The molecular formula is C15H17F4NO. The van der Waals surface area contributed by atoms with E-state index < -0.39 is 46.3 Å². The van der Waals surface area contributed by atoms with Gasteiger partial charge in [-0.1, -0.05) is 26.0 Å². The zero-order chi connectivity index (χ0) is 16.5. The molecule has 1 aromatic rings. The number of amides is 1. The van der Waals surface area contributed by atoms with Gasteiger partial charge in [-0.05, 0) is 19.8 Å². The quantitative estimate of drug-likeness (QED) is 0.510. The van der Waals surface area contributed by atoms with E-state index in [-0.39, 0.29) is 5.92 Å². The molecule has 1 amide bonds. The van der Waals surface area contributed by atoms with Crippen LogP contribution in [-0.4, -0.2) is 11.9 Å². The van der Waals surface area contributed by atoms with Crippen molar-refractivity contribution in [3.05, 3.63) is 46.5 Å². The summed E-state index contributed by atoms with van der Waals surface area (Å²) in [5.74, 6) is -7.87. The zero-order valence-electron chi connectivity index (χ0n) is 12.3. The van der Waals surface area contributed by atoms with Crippen LogP contribution in [0, 0.1) is 36.1 Å². The van der Waals surface area contributed by atoms with E-state index in [1.165, 1.54) is 0 Å². The normalized spacial score (nSPS) is 12.4. The predicted molar refractivity (Wildman–Crippen MR) is 71.9 cm³/mol. The van der Waals surface area contributed by atoms with Gasteiger partial charge in [0.25, 0.3) is 5.91 Å². The summed E-state index contributed by atoms with van der Waals surface area (Å²) in [7, 11) is 0. The summed E-state index contributed by atoms with van der Waals surface area (Å²) in [5, 5.41) is 2.34. The Balaban J connectivity index is 3.29. The number of carbonyl (C=O) groups is 1. The van der Waals surface area contributed by atoms with Gasteiger partial charge in [0.2, 0.25) is 0 Å². The molecule has 0 aliphatic heterocycles.